The van der Waals surface area contributed by atoms with Crippen molar-refractivity contribution in [3.05, 3.63) is 0 Å². The van der Waals surface area contributed by atoms with Gasteiger partial charge in [0.2, 0.25) is 0 Å². The summed E-state index contributed by atoms with van der Waals surface area (Å²) in [5.74, 6) is 0. The van der Waals surface area contributed by atoms with Crippen molar-refractivity contribution in [3.63, 3.8) is 0 Å². The van der Waals surface area contributed by atoms with Gasteiger partial charge in [-0.15, -0.1) is 0 Å². The van der Waals surface area contributed by atoms with Gasteiger partial charge < -0.3 is 24.8 Å². The van der Waals surface area contributed by atoms with E-state index in [-0.39, 0.29) is 6.61 Å². The van der Waals surface area contributed by atoms with Crippen molar-refractivity contribution in [3.8, 4) is 0 Å². The maximum absolute atomic E-state index is 10.1. The minimum absolute atomic E-state index is 0.280. The molecule has 0 amide bonds. The van der Waals surface area contributed by atoms with E-state index in [0.29, 0.717) is 6.61 Å². The minimum Gasteiger partial charge on any atom is -0.394 e. The van der Waals surface area contributed by atoms with E-state index in [1.165, 1.54) is 89.9 Å². The molecular formula is C24H48O5. The zero-order valence-electron chi connectivity index (χ0n) is 18.9. The number of unbranched alkanes of at least 4 members (excludes halogenated alkanes) is 15. The zero-order valence-corrected chi connectivity index (χ0v) is 18.9. The van der Waals surface area contributed by atoms with Crippen LogP contribution in [-0.2, 0) is 9.47 Å². The highest BCUT2D eigenvalue weighted by atomic mass is 16.6. The second-order valence-electron chi connectivity index (χ2n) is 8.75. The Bertz CT molecular complexity index is 352. The van der Waals surface area contributed by atoms with Crippen molar-refractivity contribution in [2.45, 2.75) is 134 Å². The van der Waals surface area contributed by atoms with Gasteiger partial charge in [-0.05, 0) is 6.42 Å². The molecule has 5 nitrogen and oxygen atoms in total. The van der Waals surface area contributed by atoms with E-state index >= 15 is 0 Å². The van der Waals surface area contributed by atoms with Gasteiger partial charge in [-0.25, -0.2) is 0 Å². The molecule has 0 aromatic rings. The second kappa shape index (κ2) is 18.6. The minimum atomic E-state index is -1.05. The molecule has 29 heavy (non-hydrogen) atoms. The van der Waals surface area contributed by atoms with Crippen LogP contribution in [0.25, 0.3) is 0 Å². The van der Waals surface area contributed by atoms with Crippen LogP contribution in [0.1, 0.15) is 110 Å². The normalized spacial score (nSPS) is 23.0. The highest BCUT2D eigenvalue weighted by Crippen LogP contribution is 2.21. The number of aliphatic hydroxyl groups excluding tert-OH is 3. The van der Waals surface area contributed by atoms with Gasteiger partial charge in [-0.3, -0.25) is 0 Å². The molecule has 0 saturated carbocycles. The van der Waals surface area contributed by atoms with Gasteiger partial charge in [0.15, 0.2) is 0 Å². The topological polar surface area (TPSA) is 79.2 Å². The van der Waals surface area contributed by atoms with Crippen molar-refractivity contribution in [1.82, 2.24) is 0 Å². The lowest BCUT2D eigenvalue weighted by Gasteiger charge is -2.20. The summed E-state index contributed by atoms with van der Waals surface area (Å²) in [5, 5.41) is 28.6. The van der Waals surface area contributed by atoms with Crippen LogP contribution in [0.5, 0.6) is 0 Å². The van der Waals surface area contributed by atoms with E-state index in [4.69, 9.17) is 14.6 Å². The van der Waals surface area contributed by atoms with Crippen LogP contribution in [0, 0.1) is 0 Å². The molecule has 0 bridgehead atoms. The third-order valence-electron chi connectivity index (χ3n) is 6.07. The Kier molecular flexibility index (Phi) is 17.2. The second-order valence-corrected chi connectivity index (χ2v) is 8.75. The Balaban J connectivity index is 1.79. The molecule has 0 aromatic heterocycles. The van der Waals surface area contributed by atoms with E-state index in [0.717, 1.165) is 12.8 Å². The van der Waals surface area contributed by atoms with Gasteiger partial charge in [0.1, 0.15) is 24.4 Å². The summed E-state index contributed by atoms with van der Waals surface area (Å²) in [6.45, 7) is 2.76. The lowest BCUT2D eigenvalue weighted by atomic mass is 10.0. The van der Waals surface area contributed by atoms with Crippen LogP contribution in [0.3, 0.4) is 0 Å². The zero-order chi connectivity index (χ0) is 21.2. The molecule has 174 valence electrons. The summed E-state index contributed by atoms with van der Waals surface area (Å²) in [4.78, 5) is 0. The third-order valence-corrected chi connectivity index (χ3v) is 6.07. The van der Waals surface area contributed by atoms with Crippen molar-refractivity contribution in [2.24, 2.45) is 0 Å². The largest absolute Gasteiger partial charge is 0.394 e. The maximum atomic E-state index is 10.1. The molecule has 1 saturated heterocycles. The van der Waals surface area contributed by atoms with Crippen molar-refractivity contribution in [2.75, 3.05) is 19.8 Å². The molecule has 1 aliphatic rings. The molecule has 1 aliphatic heterocycles. The van der Waals surface area contributed by atoms with Crippen molar-refractivity contribution in [1.29, 1.82) is 0 Å². The van der Waals surface area contributed by atoms with Gasteiger partial charge in [-0.1, -0.05) is 103 Å². The molecule has 4 atom stereocenters. The Morgan fingerprint density at radius 2 is 1.24 bits per heavy atom. The summed E-state index contributed by atoms with van der Waals surface area (Å²) in [7, 11) is 0. The Morgan fingerprint density at radius 1 is 0.793 bits per heavy atom. The van der Waals surface area contributed by atoms with E-state index in [1.807, 2.05) is 0 Å². The highest BCUT2D eigenvalue weighted by Gasteiger charge is 2.40. The third kappa shape index (κ3) is 13.0. The molecule has 1 fully saturated rings. The molecule has 1 heterocycles. The quantitative estimate of drug-likeness (QED) is 0.250. The number of ether oxygens (including phenoxy) is 2. The molecule has 1 rings (SSSR count). The van der Waals surface area contributed by atoms with Crippen molar-refractivity contribution >= 4 is 0 Å². The fraction of sp³-hybridized carbons (Fsp3) is 1.00. The van der Waals surface area contributed by atoms with Gasteiger partial charge >= 0.3 is 0 Å². The highest BCUT2D eigenvalue weighted by molar-refractivity contribution is 4.88. The summed E-state index contributed by atoms with van der Waals surface area (Å²) in [6.07, 6.45) is 18.5. The van der Waals surface area contributed by atoms with Crippen LogP contribution in [0.2, 0.25) is 0 Å². The van der Waals surface area contributed by atoms with Crippen LogP contribution in [0.4, 0.5) is 0 Å². The molecule has 0 aliphatic carbocycles. The Morgan fingerprint density at radius 3 is 1.69 bits per heavy atom. The molecular weight excluding hydrogens is 368 g/mol. The molecule has 0 unspecified atom stereocenters. The number of hydrogen-bond donors (Lipinski definition) is 3. The van der Waals surface area contributed by atoms with Crippen LogP contribution >= 0.6 is 0 Å². The first kappa shape index (κ1) is 26.8. The summed E-state index contributed by atoms with van der Waals surface area (Å²) in [6, 6.07) is 0. The summed E-state index contributed by atoms with van der Waals surface area (Å²) < 4.78 is 11.0. The van der Waals surface area contributed by atoms with E-state index in [9.17, 15) is 10.2 Å². The first-order valence-corrected chi connectivity index (χ1v) is 12.4. The number of hydrogen-bond acceptors (Lipinski definition) is 5. The van der Waals surface area contributed by atoms with Crippen LogP contribution in [0.15, 0.2) is 0 Å². The maximum Gasteiger partial charge on any atom is 0.114 e. The standard InChI is InChI=1S/C24H48O5/c1-2-3-4-5-6-7-8-9-10-11-12-13-14-15-16-17-18-28-22-20-29-24(23(22)27)21(26)19-25/h21-27H,2-20H2,1H3/t21-,22+,23+,24+/m0/s1. The van der Waals surface area contributed by atoms with Crippen LogP contribution < -0.4 is 0 Å². The number of aliphatic hydroxyl groups is 3. The fourth-order valence-electron chi connectivity index (χ4n) is 4.09. The Hall–Kier alpha value is -0.200. The molecule has 0 aromatic carbocycles. The van der Waals surface area contributed by atoms with Gasteiger partial charge in [0.25, 0.3) is 0 Å². The first-order chi connectivity index (χ1) is 14.2. The monoisotopic (exact) mass is 416 g/mol. The smallest absolute Gasteiger partial charge is 0.114 e. The SMILES string of the molecule is CCCCCCCCCCCCCCCCCCO[C@@H]1CO[C@H]([C@@H](O)CO)[C@@H]1O. The predicted octanol–water partition coefficient (Wildman–Crippen LogP) is 4.75. The van der Waals surface area contributed by atoms with E-state index in [1.54, 1.807) is 0 Å². The summed E-state index contributed by atoms with van der Waals surface area (Å²) in [5.41, 5.74) is 0. The average molecular weight is 417 g/mol. The lowest BCUT2D eigenvalue weighted by Crippen LogP contribution is -2.41. The predicted molar refractivity (Wildman–Crippen MR) is 118 cm³/mol. The van der Waals surface area contributed by atoms with Crippen LogP contribution in [-0.4, -0.2) is 59.6 Å². The molecule has 0 spiro atoms. The molecule has 3 N–H and O–H groups in total. The summed E-state index contributed by atoms with van der Waals surface area (Å²) >= 11 is 0. The van der Waals surface area contributed by atoms with Crippen molar-refractivity contribution < 1.29 is 24.8 Å². The lowest BCUT2D eigenvalue weighted by molar-refractivity contribution is -0.0730. The van der Waals surface area contributed by atoms with E-state index < -0.39 is 31.0 Å². The average Bonchev–Trinajstić information content (AvgIpc) is 3.10. The van der Waals surface area contributed by atoms with Gasteiger partial charge in [0, 0.05) is 6.61 Å². The number of rotatable bonds is 20. The first-order valence-electron chi connectivity index (χ1n) is 12.4. The molecule has 5 heteroatoms. The Labute approximate surface area is 179 Å². The van der Waals surface area contributed by atoms with Gasteiger partial charge in [-0.2, -0.15) is 0 Å². The molecule has 0 radical (unpaired) electrons. The fourth-order valence-corrected chi connectivity index (χ4v) is 4.09. The van der Waals surface area contributed by atoms with E-state index in [2.05, 4.69) is 6.92 Å². The van der Waals surface area contributed by atoms with Gasteiger partial charge in [0.05, 0.1) is 13.2 Å².